The molecule has 86 valence electrons. The molecule has 2 N–H and O–H groups in total. The van der Waals surface area contributed by atoms with E-state index in [0.717, 1.165) is 38.8 Å². The zero-order chi connectivity index (χ0) is 10.7. The second-order valence-corrected chi connectivity index (χ2v) is 4.51. The molecule has 0 radical (unpaired) electrons. The van der Waals surface area contributed by atoms with Crippen LogP contribution in [-0.4, -0.2) is 38.3 Å². The molecular weight excluding hydrogens is 192 g/mol. The summed E-state index contributed by atoms with van der Waals surface area (Å²) in [6, 6.07) is 0.239. The first-order valence-electron chi connectivity index (χ1n) is 5.85. The van der Waals surface area contributed by atoms with Crippen LogP contribution in [0, 0.1) is 5.92 Å². The highest BCUT2D eigenvalue weighted by atomic mass is 16.5. The fourth-order valence-corrected chi connectivity index (χ4v) is 2.55. The number of carbonyl (C=O) groups is 1. The van der Waals surface area contributed by atoms with Crippen LogP contribution in [0.15, 0.2) is 0 Å². The van der Waals surface area contributed by atoms with Crippen molar-refractivity contribution in [1.82, 2.24) is 10.6 Å². The quantitative estimate of drug-likeness (QED) is 0.706. The van der Waals surface area contributed by atoms with Gasteiger partial charge >= 0.3 is 0 Å². The van der Waals surface area contributed by atoms with E-state index in [1.54, 1.807) is 7.11 Å². The maximum Gasteiger partial charge on any atom is 0.224 e. The lowest BCUT2D eigenvalue weighted by atomic mass is 10.1. The van der Waals surface area contributed by atoms with E-state index >= 15 is 0 Å². The van der Waals surface area contributed by atoms with Gasteiger partial charge < -0.3 is 15.4 Å². The predicted molar refractivity (Wildman–Crippen MR) is 57.6 cm³/mol. The van der Waals surface area contributed by atoms with Crippen LogP contribution in [0.5, 0.6) is 0 Å². The molecule has 3 atom stereocenters. The first-order valence-corrected chi connectivity index (χ1v) is 5.85. The van der Waals surface area contributed by atoms with E-state index in [9.17, 15) is 4.79 Å². The Bertz CT molecular complexity index is 227. The first kappa shape index (κ1) is 10.9. The largest absolute Gasteiger partial charge is 0.379 e. The van der Waals surface area contributed by atoms with Crippen LogP contribution in [0.4, 0.5) is 0 Å². The number of methoxy groups -OCH3 is 1. The summed E-state index contributed by atoms with van der Waals surface area (Å²) < 4.78 is 5.36. The van der Waals surface area contributed by atoms with Crippen LogP contribution in [-0.2, 0) is 9.53 Å². The van der Waals surface area contributed by atoms with Crippen LogP contribution >= 0.6 is 0 Å². The topological polar surface area (TPSA) is 50.4 Å². The predicted octanol–water partition coefficient (Wildman–Crippen LogP) is 0.280. The van der Waals surface area contributed by atoms with Gasteiger partial charge in [0, 0.05) is 13.7 Å². The van der Waals surface area contributed by atoms with Crippen molar-refractivity contribution in [1.29, 1.82) is 0 Å². The number of hydrogen-bond acceptors (Lipinski definition) is 3. The van der Waals surface area contributed by atoms with Gasteiger partial charge in [0.15, 0.2) is 0 Å². The van der Waals surface area contributed by atoms with Gasteiger partial charge in [-0.25, -0.2) is 0 Å². The Morgan fingerprint density at radius 2 is 2.27 bits per heavy atom. The molecule has 1 aliphatic heterocycles. The monoisotopic (exact) mass is 212 g/mol. The Morgan fingerprint density at radius 3 is 2.93 bits per heavy atom. The second-order valence-electron chi connectivity index (χ2n) is 4.51. The van der Waals surface area contributed by atoms with E-state index in [2.05, 4.69) is 10.6 Å². The van der Waals surface area contributed by atoms with E-state index < -0.39 is 0 Å². The number of carbonyl (C=O) groups excluding carboxylic acids is 1. The molecule has 0 aromatic rings. The molecule has 2 rings (SSSR count). The van der Waals surface area contributed by atoms with Crippen LogP contribution in [0.2, 0.25) is 0 Å². The van der Waals surface area contributed by atoms with Crippen LogP contribution in [0.25, 0.3) is 0 Å². The molecule has 1 amide bonds. The summed E-state index contributed by atoms with van der Waals surface area (Å²) in [5, 5.41) is 6.33. The highest BCUT2D eigenvalue weighted by Crippen LogP contribution is 2.22. The molecule has 1 aliphatic carbocycles. The Balaban J connectivity index is 1.82. The molecule has 4 nitrogen and oxygen atoms in total. The number of ether oxygens (including phenoxy) is 1. The molecule has 3 unspecified atom stereocenters. The average molecular weight is 212 g/mol. The van der Waals surface area contributed by atoms with Crippen LogP contribution in [0.3, 0.4) is 0 Å². The van der Waals surface area contributed by atoms with E-state index in [1.165, 1.54) is 0 Å². The van der Waals surface area contributed by atoms with E-state index in [1.807, 2.05) is 0 Å². The molecule has 1 heterocycles. The number of hydrogen-bond donors (Lipinski definition) is 2. The highest BCUT2D eigenvalue weighted by Gasteiger charge is 2.31. The summed E-state index contributed by atoms with van der Waals surface area (Å²) in [7, 11) is 1.73. The molecule has 0 spiro atoms. The van der Waals surface area contributed by atoms with Crippen molar-refractivity contribution in [2.75, 3.05) is 20.2 Å². The van der Waals surface area contributed by atoms with E-state index in [0.29, 0.717) is 0 Å². The summed E-state index contributed by atoms with van der Waals surface area (Å²) >= 11 is 0. The Kier molecular flexibility index (Phi) is 3.59. The van der Waals surface area contributed by atoms with Gasteiger partial charge in [0.25, 0.3) is 0 Å². The summed E-state index contributed by atoms with van der Waals surface area (Å²) in [6.45, 7) is 1.80. The smallest absolute Gasteiger partial charge is 0.224 e. The second kappa shape index (κ2) is 4.94. The van der Waals surface area contributed by atoms with Crippen LogP contribution < -0.4 is 10.6 Å². The minimum atomic E-state index is 0.170. The third-order valence-electron chi connectivity index (χ3n) is 3.51. The Hall–Kier alpha value is -0.610. The first-order chi connectivity index (χ1) is 7.31. The maximum atomic E-state index is 11.9. The lowest BCUT2D eigenvalue weighted by molar-refractivity contribution is -0.125. The van der Waals surface area contributed by atoms with Gasteiger partial charge in [0.1, 0.15) is 0 Å². The van der Waals surface area contributed by atoms with E-state index in [-0.39, 0.29) is 24.0 Å². The fraction of sp³-hybridized carbons (Fsp3) is 0.909. The Labute approximate surface area is 90.8 Å². The molecule has 2 fully saturated rings. The Morgan fingerprint density at radius 1 is 1.40 bits per heavy atom. The average Bonchev–Trinajstić information content (AvgIpc) is 2.87. The van der Waals surface area contributed by atoms with Gasteiger partial charge in [0.05, 0.1) is 18.1 Å². The van der Waals surface area contributed by atoms with Gasteiger partial charge in [-0.05, 0) is 32.2 Å². The molecule has 1 saturated carbocycles. The zero-order valence-corrected chi connectivity index (χ0v) is 9.29. The van der Waals surface area contributed by atoms with Crippen molar-refractivity contribution in [3.8, 4) is 0 Å². The lowest BCUT2D eigenvalue weighted by Gasteiger charge is -2.21. The minimum Gasteiger partial charge on any atom is -0.379 e. The lowest BCUT2D eigenvalue weighted by Crippen LogP contribution is -2.44. The van der Waals surface area contributed by atoms with Gasteiger partial charge in [-0.15, -0.1) is 0 Å². The fourth-order valence-electron chi connectivity index (χ4n) is 2.55. The van der Waals surface area contributed by atoms with Gasteiger partial charge in [-0.3, -0.25) is 4.79 Å². The molecule has 15 heavy (non-hydrogen) atoms. The summed E-state index contributed by atoms with van der Waals surface area (Å²) in [6.07, 6.45) is 4.49. The van der Waals surface area contributed by atoms with Crippen molar-refractivity contribution in [3.63, 3.8) is 0 Å². The van der Waals surface area contributed by atoms with Crippen LogP contribution in [0.1, 0.15) is 25.7 Å². The van der Waals surface area contributed by atoms with E-state index in [4.69, 9.17) is 4.74 Å². The normalized spacial score (nSPS) is 35.7. The van der Waals surface area contributed by atoms with Gasteiger partial charge in [-0.1, -0.05) is 0 Å². The third-order valence-corrected chi connectivity index (χ3v) is 3.51. The molecule has 1 saturated heterocycles. The van der Waals surface area contributed by atoms with Gasteiger partial charge in [-0.2, -0.15) is 0 Å². The third kappa shape index (κ3) is 2.49. The number of amides is 1. The van der Waals surface area contributed by atoms with Gasteiger partial charge in [0.2, 0.25) is 5.91 Å². The van der Waals surface area contributed by atoms with Crippen molar-refractivity contribution in [2.45, 2.75) is 37.8 Å². The molecule has 0 bridgehead atoms. The van der Waals surface area contributed by atoms with Crippen molar-refractivity contribution >= 4 is 5.91 Å². The molecule has 2 aliphatic rings. The number of rotatable bonds is 3. The highest BCUT2D eigenvalue weighted by molar-refractivity contribution is 5.79. The zero-order valence-electron chi connectivity index (χ0n) is 9.29. The summed E-state index contributed by atoms with van der Waals surface area (Å²) in [4.78, 5) is 11.9. The van der Waals surface area contributed by atoms with Crippen molar-refractivity contribution in [3.05, 3.63) is 0 Å². The summed E-state index contributed by atoms with van der Waals surface area (Å²) in [5.74, 6) is 0.372. The summed E-state index contributed by atoms with van der Waals surface area (Å²) in [5.41, 5.74) is 0. The van der Waals surface area contributed by atoms with Crippen molar-refractivity contribution < 1.29 is 9.53 Å². The standard InChI is InChI=1S/C11H20N2O2/c1-15-10-4-2-3-9(10)13-11(14)8-5-6-12-7-8/h8-10,12H,2-7H2,1H3,(H,13,14). The van der Waals surface area contributed by atoms with Crippen molar-refractivity contribution in [2.24, 2.45) is 5.92 Å². The molecule has 4 heteroatoms. The molecule has 0 aromatic carbocycles. The maximum absolute atomic E-state index is 11.9. The SMILES string of the molecule is COC1CCCC1NC(=O)C1CCNC1. The molecular formula is C11H20N2O2. The number of nitrogens with one attached hydrogen (secondary N) is 2. The molecule has 0 aromatic heterocycles. The minimum absolute atomic E-state index is 0.170.